The number of halogens is 1. The highest BCUT2D eigenvalue weighted by Crippen LogP contribution is 2.52. The number of carboxylic acid groups (broad SMARTS) is 1. The number of ether oxygens (including phenoxy) is 2. The van der Waals surface area contributed by atoms with E-state index in [-0.39, 0.29) is 37.3 Å². The third-order valence-corrected chi connectivity index (χ3v) is 4.86. The Morgan fingerprint density at radius 1 is 1.33 bits per heavy atom. The summed E-state index contributed by atoms with van der Waals surface area (Å²) in [5.74, 6) is -0.601. The van der Waals surface area contributed by atoms with Crippen LogP contribution >= 0.6 is 0 Å². The van der Waals surface area contributed by atoms with Crippen LogP contribution in [-0.2, 0) is 9.59 Å². The first-order valence-electron chi connectivity index (χ1n) is 7.82. The van der Waals surface area contributed by atoms with E-state index in [1.165, 1.54) is 4.90 Å². The number of hydrogen-bond acceptors (Lipinski definition) is 4. The lowest BCUT2D eigenvalue weighted by Gasteiger charge is -2.18. The van der Waals surface area contributed by atoms with Crippen molar-refractivity contribution >= 4 is 11.9 Å². The van der Waals surface area contributed by atoms with Crippen LogP contribution in [0.15, 0.2) is 18.2 Å². The van der Waals surface area contributed by atoms with Crippen molar-refractivity contribution < 1.29 is 28.6 Å². The Labute approximate surface area is 139 Å². The van der Waals surface area contributed by atoms with Crippen molar-refractivity contribution in [2.45, 2.75) is 24.4 Å². The Hall–Kier alpha value is -2.31. The van der Waals surface area contributed by atoms with Gasteiger partial charge in [0.15, 0.2) is 0 Å². The van der Waals surface area contributed by atoms with Crippen LogP contribution < -0.4 is 9.47 Å². The van der Waals surface area contributed by atoms with Gasteiger partial charge in [0.2, 0.25) is 11.6 Å². The Morgan fingerprint density at radius 2 is 2.08 bits per heavy atom. The van der Waals surface area contributed by atoms with E-state index < -0.39 is 11.6 Å². The van der Waals surface area contributed by atoms with Crippen LogP contribution in [0.1, 0.15) is 24.3 Å². The van der Waals surface area contributed by atoms with Gasteiger partial charge in [-0.25, -0.2) is 9.18 Å². The molecule has 1 saturated carbocycles. The highest BCUT2D eigenvalue weighted by molar-refractivity contribution is 5.86. The van der Waals surface area contributed by atoms with Crippen LogP contribution in [0.3, 0.4) is 0 Å². The number of carbonyl (C=O) groups is 2. The lowest BCUT2D eigenvalue weighted by molar-refractivity contribution is -0.150. The van der Waals surface area contributed by atoms with E-state index in [1.807, 2.05) is 6.07 Å². The Bertz CT molecular complexity index is 679. The van der Waals surface area contributed by atoms with Crippen molar-refractivity contribution in [2.24, 2.45) is 5.92 Å². The average Bonchev–Trinajstić information content (AvgIpc) is 3.28. The van der Waals surface area contributed by atoms with Gasteiger partial charge in [0.1, 0.15) is 11.5 Å². The Morgan fingerprint density at radius 3 is 2.67 bits per heavy atom. The average molecular weight is 337 g/mol. The minimum Gasteiger partial charge on any atom is -0.497 e. The lowest BCUT2D eigenvalue weighted by Crippen LogP contribution is -2.39. The minimum absolute atomic E-state index is 0.0120. The molecule has 3 rings (SSSR count). The molecule has 1 heterocycles. The van der Waals surface area contributed by atoms with Gasteiger partial charge in [0, 0.05) is 30.4 Å². The zero-order chi connectivity index (χ0) is 17.5. The van der Waals surface area contributed by atoms with Gasteiger partial charge in [-0.05, 0) is 24.6 Å². The Kier molecular flexibility index (Phi) is 4.11. The second-order valence-electron chi connectivity index (χ2n) is 6.34. The molecular weight excluding hydrogens is 317 g/mol. The second-order valence-corrected chi connectivity index (χ2v) is 6.34. The number of likely N-dealkylation sites (tertiary alicyclic amines) is 1. The number of nitrogens with zero attached hydrogens (tertiary/aromatic N) is 1. The van der Waals surface area contributed by atoms with Gasteiger partial charge in [0.25, 0.3) is 0 Å². The maximum Gasteiger partial charge on any atom is 0.343 e. The summed E-state index contributed by atoms with van der Waals surface area (Å²) >= 11 is 0. The predicted octanol–water partition coefficient (Wildman–Crippen LogP) is 1.83. The molecule has 7 heteroatoms. The molecule has 1 aliphatic carbocycles. The third kappa shape index (κ3) is 2.79. The molecule has 6 nitrogen and oxygen atoms in total. The number of hydrogen-bond donors (Lipinski definition) is 1. The third-order valence-electron chi connectivity index (χ3n) is 4.86. The normalized spacial score (nSPS) is 28.5. The smallest absolute Gasteiger partial charge is 0.343 e. The van der Waals surface area contributed by atoms with E-state index in [9.17, 15) is 14.0 Å². The number of benzene rings is 1. The largest absolute Gasteiger partial charge is 0.497 e. The molecule has 0 bridgehead atoms. The summed E-state index contributed by atoms with van der Waals surface area (Å²) in [6, 6.07) is 5.42. The number of rotatable bonds is 5. The van der Waals surface area contributed by atoms with E-state index >= 15 is 0 Å². The zero-order valence-electron chi connectivity index (χ0n) is 13.6. The summed E-state index contributed by atoms with van der Waals surface area (Å²) < 4.78 is 24.7. The predicted molar refractivity (Wildman–Crippen MR) is 83.1 cm³/mol. The van der Waals surface area contributed by atoms with Crippen LogP contribution in [0.25, 0.3) is 0 Å². The standard InChI is InChI=1S/C17H20FNO5/c1-23-10-3-4-14(24-2)12(7-10)11-8-13(11)15(20)19-6-5-17(18,9-19)16(21)22/h3-4,7,11,13H,5-6,8-9H2,1-2H3,(H,21,22). The molecule has 3 atom stereocenters. The molecule has 2 aliphatic rings. The topological polar surface area (TPSA) is 76.1 Å². The van der Waals surface area contributed by atoms with Gasteiger partial charge >= 0.3 is 5.97 Å². The van der Waals surface area contributed by atoms with Gasteiger partial charge in [-0.2, -0.15) is 0 Å². The first-order valence-corrected chi connectivity index (χ1v) is 7.82. The molecule has 130 valence electrons. The molecule has 1 amide bonds. The van der Waals surface area contributed by atoms with E-state index in [0.717, 1.165) is 5.56 Å². The number of amides is 1. The maximum absolute atomic E-state index is 14.1. The zero-order valence-corrected chi connectivity index (χ0v) is 13.6. The lowest BCUT2D eigenvalue weighted by atomic mass is 10.1. The van der Waals surface area contributed by atoms with Crippen LogP contribution in [0.4, 0.5) is 4.39 Å². The van der Waals surface area contributed by atoms with Crippen LogP contribution in [0.5, 0.6) is 11.5 Å². The van der Waals surface area contributed by atoms with E-state index in [2.05, 4.69) is 0 Å². The maximum atomic E-state index is 14.1. The Balaban J connectivity index is 1.72. The highest BCUT2D eigenvalue weighted by Gasteiger charge is 2.52. The number of alkyl halides is 1. The number of carboxylic acids is 1. The summed E-state index contributed by atoms with van der Waals surface area (Å²) in [6.45, 7) is -0.236. The highest BCUT2D eigenvalue weighted by atomic mass is 19.1. The van der Waals surface area contributed by atoms with Gasteiger partial charge < -0.3 is 19.5 Å². The van der Waals surface area contributed by atoms with E-state index in [4.69, 9.17) is 14.6 Å². The minimum atomic E-state index is -2.33. The van der Waals surface area contributed by atoms with E-state index in [0.29, 0.717) is 17.9 Å². The number of aliphatic carboxylic acids is 1. The number of carbonyl (C=O) groups excluding carboxylic acids is 1. The van der Waals surface area contributed by atoms with Crippen molar-refractivity contribution in [2.75, 3.05) is 27.3 Å². The number of methoxy groups -OCH3 is 2. The molecule has 24 heavy (non-hydrogen) atoms. The van der Waals surface area contributed by atoms with Crippen molar-refractivity contribution in [3.8, 4) is 11.5 Å². The molecule has 0 spiro atoms. The molecule has 1 aliphatic heterocycles. The fraction of sp³-hybridized carbons (Fsp3) is 0.529. The molecule has 2 fully saturated rings. The van der Waals surface area contributed by atoms with Crippen molar-refractivity contribution in [1.82, 2.24) is 4.90 Å². The molecule has 1 aromatic rings. The van der Waals surface area contributed by atoms with Gasteiger partial charge in [-0.1, -0.05) is 0 Å². The van der Waals surface area contributed by atoms with Crippen LogP contribution in [-0.4, -0.2) is 54.9 Å². The monoisotopic (exact) mass is 337 g/mol. The SMILES string of the molecule is COc1ccc(OC)c(C2CC2C(=O)N2CCC(F)(C(=O)O)C2)c1. The summed E-state index contributed by atoms with van der Waals surface area (Å²) in [5, 5.41) is 8.94. The molecule has 1 saturated heterocycles. The first kappa shape index (κ1) is 16.5. The fourth-order valence-corrected chi connectivity index (χ4v) is 3.31. The molecule has 3 unspecified atom stereocenters. The van der Waals surface area contributed by atoms with Crippen molar-refractivity contribution in [3.63, 3.8) is 0 Å². The summed E-state index contributed by atoms with van der Waals surface area (Å²) in [4.78, 5) is 24.8. The van der Waals surface area contributed by atoms with Crippen molar-refractivity contribution in [1.29, 1.82) is 0 Å². The second kappa shape index (κ2) is 5.96. The van der Waals surface area contributed by atoms with Gasteiger partial charge in [-0.15, -0.1) is 0 Å². The first-order chi connectivity index (χ1) is 11.4. The van der Waals surface area contributed by atoms with E-state index in [1.54, 1.807) is 26.4 Å². The summed E-state index contributed by atoms with van der Waals surface area (Å²) in [7, 11) is 3.13. The molecule has 0 radical (unpaired) electrons. The summed E-state index contributed by atoms with van der Waals surface area (Å²) in [5.41, 5.74) is -1.44. The van der Waals surface area contributed by atoms with Gasteiger partial charge in [-0.3, -0.25) is 4.79 Å². The fourth-order valence-electron chi connectivity index (χ4n) is 3.31. The van der Waals surface area contributed by atoms with Crippen LogP contribution in [0, 0.1) is 5.92 Å². The molecule has 0 aromatic heterocycles. The van der Waals surface area contributed by atoms with Gasteiger partial charge in [0.05, 0.1) is 20.8 Å². The molecule has 1 aromatic carbocycles. The quantitative estimate of drug-likeness (QED) is 0.887. The molecular formula is C17H20FNO5. The van der Waals surface area contributed by atoms with Crippen LogP contribution in [0.2, 0.25) is 0 Å². The van der Waals surface area contributed by atoms with Crippen molar-refractivity contribution in [3.05, 3.63) is 23.8 Å². The molecule has 1 N–H and O–H groups in total. The summed E-state index contributed by atoms with van der Waals surface area (Å²) in [6.07, 6.45) is 0.485.